The van der Waals surface area contributed by atoms with Crippen LogP contribution in [0.15, 0.2) is 24.3 Å². The van der Waals surface area contributed by atoms with E-state index in [0.29, 0.717) is 4.83 Å². The fourth-order valence-corrected chi connectivity index (χ4v) is 3.10. The predicted molar refractivity (Wildman–Crippen MR) is 78.2 cm³/mol. The molecular weight excluding hydrogens is 290 g/mol. The number of hydrogen-bond acceptors (Lipinski definition) is 1. The Balaban J connectivity index is 1.99. The molecule has 0 aliphatic heterocycles. The van der Waals surface area contributed by atoms with Gasteiger partial charge in [0.25, 0.3) is 5.91 Å². The van der Waals surface area contributed by atoms with Crippen LogP contribution in [-0.2, 0) is 0 Å². The first kappa shape index (κ1) is 13.6. The fraction of sp³-hybridized carbons (Fsp3) is 0.533. The lowest BCUT2D eigenvalue weighted by Crippen LogP contribution is -2.40. The van der Waals surface area contributed by atoms with Crippen LogP contribution in [0.25, 0.3) is 0 Å². The quantitative estimate of drug-likeness (QED) is 0.653. The Morgan fingerprint density at radius 1 is 1.17 bits per heavy atom. The lowest BCUT2D eigenvalue weighted by Gasteiger charge is -2.21. The van der Waals surface area contributed by atoms with E-state index in [1.165, 1.54) is 24.8 Å². The highest BCUT2D eigenvalue weighted by atomic mass is 79.9. The van der Waals surface area contributed by atoms with Gasteiger partial charge in [-0.3, -0.25) is 4.79 Å². The van der Waals surface area contributed by atoms with Crippen LogP contribution in [-0.4, -0.2) is 16.8 Å². The Morgan fingerprint density at radius 2 is 1.83 bits per heavy atom. The van der Waals surface area contributed by atoms with Crippen molar-refractivity contribution in [2.24, 2.45) is 0 Å². The van der Waals surface area contributed by atoms with E-state index in [1.54, 1.807) is 0 Å². The normalized spacial score (nSPS) is 24.3. The first-order valence-corrected chi connectivity index (χ1v) is 7.60. The molecule has 1 aliphatic rings. The van der Waals surface area contributed by atoms with Gasteiger partial charge in [-0.25, -0.2) is 0 Å². The largest absolute Gasteiger partial charge is 0.348 e. The van der Waals surface area contributed by atoms with Crippen LogP contribution in [0.5, 0.6) is 0 Å². The Kier molecular flexibility index (Phi) is 4.81. The van der Waals surface area contributed by atoms with E-state index < -0.39 is 0 Å². The van der Waals surface area contributed by atoms with Crippen LogP contribution in [0.4, 0.5) is 0 Å². The maximum atomic E-state index is 12.2. The SMILES string of the molecule is Cc1ccc(C(=O)NC2CCCCCC2Br)cc1. The number of benzene rings is 1. The van der Waals surface area contributed by atoms with E-state index in [2.05, 4.69) is 21.2 Å². The third-order valence-electron chi connectivity index (χ3n) is 3.56. The molecule has 1 aromatic carbocycles. The molecule has 3 heteroatoms. The maximum Gasteiger partial charge on any atom is 0.251 e. The van der Waals surface area contributed by atoms with Crippen LogP contribution in [0, 0.1) is 6.92 Å². The van der Waals surface area contributed by atoms with E-state index >= 15 is 0 Å². The molecule has 0 heterocycles. The number of alkyl halides is 1. The third kappa shape index (κ3) is 3.58. The second-order valence-electron chi connectivity index (χ2n) is 5.10. The van der Waals surface area contributed by atoms with Crippen molar-refractivity contribution in [3.05, 3.63) is 35.4 Å². The van der Waals surface area contributed by atoms with E-state index in [9.17, 15) is 4.79 Å². The molecule has 0 aromatic heterocycles. The van der Waals surface area contributed by atoms with Gasteiger partial charge in [0, 0.05) is 16.4 Å². The lowest BCUT2D eigenvalue weighted by molar-refractivity contribution is 0.0935. The van der Waals surface area contributed by atoms with E-state index in [4.69, 9.17) is 0 Å². The predicted octanol–water partition coefficient (Wildman–Crippen LogP) is 3.82. The van der Waals surface area contributed by atoms with Gasteiger partial charge in [-0.15, -0.1) is 0 Å². The van der Waals surface area contributed by atoms with E-state index in [0.717, 1.165) is 18.4 Å². The first-order valence-electron chi connectivity index (χ1n) is 6.68. The molecule has 18 heavy (non-hydrogen) atoms. The average Bonchev–Trinajstić information content (AvgIpc) is 2.56. The Labute approximate surface area is 117 Å². The summed E-state index contributed by atoms with van der Waals surface area (Å²) in [5.41, 5.74) is 1.93. The van der Waals surface area contributed by atoms with Crippen molar-refractivity contribution in [3.63, 3.8) is 0 Å². The fourth-order valence-electron chi connectivity index (χ4n) is 2.38. The molecule has 1 aliphatic carbocycles. The molecule has 2 rings (SSSR count). The smallest absolute Gasteiger partial charge is 0.251 e. The molecule has 1 fully saturated rings. The number of amides is 1. The number of hydrogen-bond donors (Lipinski definition) is 1. The molecule has 2 atom stereocenters. The summed E-state index contributed by atoms with van der Waals surface area (Å²) >= 11 is 3.70. The molecule has 1 saturated carbocycles. The zero-order chi connectivity index (χ0) is 13.0. The highest BCUT2D eigenvalue weighted by Gasteiger charge is 2.23. The van der Waals surface area contributed by atoms with Crippen molar-refractivity contribution in [2.75, 3.05) is 0 Å². The number of halogens is 1. The Bertz CT molecular complexity index is 401. The summed E-state index contributed by atoms with van der Waals surface area (Å²) in [5, 5.41) is 3.16. The van der Waals surface area contributed by atoms with Gasteiger partial charge in [0.1, 0.15) is 0 Å². The summed E-state index contributed by atoms with van der Waals surface area (Å²) in [6.45, 7) is 2.03. The average molecular weight is 310 g/mol. The number of carbonyl (C=O) groups excluding carboxylic acids is 1. The van der Waals surface area contributed by atoms with Crippen molar-refractivity contribution < 1.29 is 4.79 Å². The molecule has 2 unspecified atom stereocenters. The number of nitrogens with one attached hydrogen (secondary N) is 1. The first-order chi connectivity index (χ1) is 8.66. The molecule has 98 valence electrons. The third-order valence-corrected chi connectivity index (χ3v) is 4.66. The van der Waals surface area contributed by atoms with Gasteiger partial charge in [-0.05, 0) is 31.9 Å². The van der Waals surface area contributed by atoms with Gasteiger partial charge in [0.15, 0.2) is 0 Å². The minimum absolute atomic E-state index is 0.0475. The minimum atomic E-state index is 0.0475. The monoisotopic (exact) mass is 309 g/mol. The van der Waals surface area contributed by atoms with Gasteiger partial charge in [0.2, 0.25) is 0 Å². The highest BCUT2D eigenvalue weighted by Crippen LogP contribution is 2.24. The highest BCUT2D eigenvalue weighted by molar-refractivity contribution is 9.09. The maximum absolute atomic E-state index is 12.2. The van der Waals surface area contributed by atoms with Crippen LogP contribution in [0.1, 0.15) is 48.0 Å². The minimum Gasteiger partial charge on any atom is -0.348 e. The van der Waals surface area contributed by atoms with E-state index in [1.807, 2.05) is 31.2 Å². The van der Waals surface area contributed by atoms with Gasteiger partial charge in [0.05, 0.1) is 0 Å². The molecule has 0 bridgehead atoms. The summed E-state index contributed by atoms with van der Waals surface area (Å²) in [7, 11) is 0. The second-order valence-corrected chi connectivity index (χ2v) is 6.28. The van der Waals surface area contributed by atoms with Crippen molar-refractivity contribution >= 4 is 21.8 Å². The number of rotatable bonds is 2. The Morgan fingerprint density at radius 3 is 2.56 bits per heavy atom. The van der Waals surface area contributed by atoms with Crippen LogP contribution in [0.3, 0.4) is 0 Å². The van der Waals surface area contributed by atoms with Crippen LogP contribution >= 0.6 is 15.9 Å². The zero-order valence-electron chi connectivity index (χ0n) is 10.8. The number of carbonyl (C=O) groups is 1. The Hall–Kier alpha value is -0.830. The molecular formula is C15H20BrNO. The lowest BCUT2D eigenvalue weighted by atomic mass is 10.1. The van der Waals surface area contributed by atoms with Gasteiger partial charge < -0.3 is 5.32 Å². The van der Waals surface area contributed by atoms with Crippen molar-refractivity contribution in [1.29, 1.82) is 0 Å². The summed E-state index contributed by atoms with van der Waals surface area (Å²) < 4.78 is 0. The second kappa shape index (κ2) is 6.37. The molecule has 0 radical (unpaired) electrons. The van der Waals surface area contributed by atoms with Crippen LogP contribution < -0.4 is 5.32 Å². The van der Waals surface area contributed by atoms with Crippen molar-refractivity contribution in [2.45, 2.75) is 49.9 Å². The van der Waals surface area contributed by atoms with Crippen LogP contribution in [0.2, 0.25) is 0 Å². The van der Waals surface area contributed by atoms with Gasteiger partial charge in [-0.2, -0.15) is 0 Å². The standard InChI is InChI=1S/C15H20BrNO/c1-11-7-9-12(10-8-11)15(18)17-14-6-4-2-3-5-13(14)16/h7-10,13-14H,2-6H2,1H3,(H,17,18). The summed E-state index contributed by atoms with van der Waals surface area (Å²) in [6, 6.07) is 8.01. The van der Waals surface area contributed by atoms with Crippen molar-refractivity contribution in [1.82, 2.24) is 5.32 Å². The topological polar surface area (TPSA) is 29.1 Å². The number of aryl methyl sites for hydroxylation is 1. The zero-order valence-corrected chi connectivity index (χ0v) is 12.4. The molecule has 0 spiro atoms. The molecule has 1 amide bonds. The molecule has 0 saturated heterocycles. The molecule has 1 N–H and O–H groups in total. The van der Waals surface area contributed by atoms with Crippen molar-refractivity contribution in [3.8, 4) is 0 Å². The molecule has 1 aromatic rings. The van der Waals surface area contributed by atoms with Gasteiger partial charge in [-0.1, -0.05) is 52.9 Å². The summed E-state index contributed by atoms with van der Waals surface area (Å²) in [4.78, 5) is 12.6. The van der Waals surface area contributed by atoms with Gasteiger partial charge >= 0.3 is 0 Å². The van der Waals surface area contributed by atoms with E-state index in [-0.39, 0.29) is 11.9 Å². The summed E-state index contributed by atoms with van der Waals surface area (Å²) in [6.07, 6.45) is 5.97. The molecule has 2 nitrogen and oxygen atoms in total. The summed E-state index contributed by atoms with van der Waals surface area (Å²) in [5.74, 6) is 0.0475.